The van der Waals surface area contributed by atoms with E-state index in [0.717, 1.165) is 23.0 Å². The summed E-state index contributed by atoms with van der Waals surface area (Å²) < 4.78 is 30.3. The molecule has 0 aromatic heterocycles. The Morgan fingerprint density at radius 3 is 1.69 bits per heavy atom. The average molecular weight is 477 g/mol. The SMILES string of the molecule is COC1OC(COCc2ccccc2)C(OCc2ccccc2)C(C=O)C1OCc1ccccc1. The molecule has 5 atom stereocenters. The van der Waals surface area contributed by atoms with Gasteiger partial charge in [0.1, 0.15) is 18.5 Å². The lowest BCUT2D eigenvalue weighted by molar-refractivity contribution is -0.297. The van der Waals surface area contributed by atoms with Crippen molar-refractivity contribution < 1.29 is 28.5 Å². The molecule has 1 aliphatic rings. The first kappa shape index (κ1) is 25.2. The first-order valence-corrected chi connectivity index (χ1v) is 11.8. The van der Waals surface area contributed by atoms with E-state index in [0.29, 0.717) is 19.8 Å². The molecule has 0 spiro atoms. The molecule has 184 valence electrons. The number of aldehydes is 1. The molecule has 35 heavy (non-hydrogen) atoms. The Bertz CT molecular complexity index is 997. The van der Waals surface area contributed by atoms with E-state index in [1.54, 1.807) is 7.11 Å². The highest BCUT2D eigenvalue weighted by molar-refractivity contribution is 5.56. The maximum Gasteiger partial charge on any atom is 0.184 e. The van der Waals surface area contributed by atoms with Crippen molar-refractivity contribution in [2.45, 2.75) is 44.4 Å². The van der Waals surface area contributed by atoms with Crippen LogP contribution in [-0.4, -0.2) is 44.6 Å². The zero-order valence-electron chi connectivity index (χ0n) is 19.9. The van der Waals surface area contributed by atoms with Crippen molar-refractivity contribution in [1.29, 1.82) is 0 Å². The van der Waals surface area contributed by atoms with E-state index in [1.807, 2.05) is 91.0 Å². The lowest BCUT2D eigenvalue weighted by Gasteiger charge is -2.43. The van der Waals surface area contributed by atoms with Crippen molar-refractivity contribution in [3.63, 3.8) is 0 Å². The summed E-state index contributed by atoms with van der Waals surface area (Å²) >= 11 is 0. The van der Waals surface area contributed by atoms with E-state index in [2.05, 4.69) is 0 Å². The molecule has 0 radical (unpaired) electrons. The second-order valence-electron chi connectivity index (χ2n) is 8.52. The molecule has 0 saturated carbocycles. The number of hydrogen-bond acceptors (Lipinski definition) is 6. The molecule has 6 nitrogen and oxygen atoms in total. The lowest BCUT2D eigenvalue weighted by Crippen LogP contribution is -2.58. The van der Waals surface area contributed by atoms with Crippen molar-refractivity contribution in [2.24, 2.45) is 5.92 Å². The molecule has 0 aliphatic carbocycles. The van der Waals surface area contributed by atoms with Crippen LogP contribution in [0, 0.1) is 5.92 Å². The monoisotopic (exact) mass is 476 g/mol. The van der Waals surface area contributed by atoms with E-state index >= 15 is 0 Å². The highest BCUT2D eigenvalue weighted by Gasteiger charge is 2.47. The number of hydrogen-bond donors (Lipinski definition) is 0. The van der Waals surface area contributed by atoms with Crippen LogP contribution < -0.4 is 0 Å². The van der Waals surface area contributed by atoms with E-state index in [9.17, 15) is 4.79 Å². The largest absolute Gasteiger partial charge is 0.374 e. The smallest absolute Gasteiger partial charge is 0.184 e. The first-order chi connectivity index (χ1) is 17.3. The summed E-state index contributed by atoms with van der Waals surface area (Å²) in [6.07, 6.45) is -1.51. The van der Waals surface area contributed by atoms with E-state index in [1.165, 1.54) is 0 Å². The Morgan fingerprint density at radius 1 is 0.714 bits per heavy atom. The Hall–Kier alpha value is -2.87. The second-order valence-corrected chi connectivity index (χ2v) is 8.52. The Balaban J connectivity index is 1.48. The van der Waals surface area contributed by atoms with Gasteiger partial charge < -0.3 is 28.5 Å². The van der Waals surface area contributed by atoms with Gasteiger partial charge in [-0.2, -0.15) is 0 Å². The molecule has 3 aromatic carbocycles. The summed E-state index contributed by atoms with van der Waals surface area (Å²) in [5, 5.41) is 0. The number of methoxy groups -OCH3 is 1. The maximum absolute atomic E-state index is 12.4. The Labute approximate surface area is 206 Å². The molecular formula is C29H32O6. The van der Waals surface area contributed by atoms with Crippen LogP contribution in [0.5, 0.6) is 0 Å². The van der Waals surface area contributed by atoms with Gasteiger partial charge >= 0.3 is 0 Å². The van der Waals surface area contributed by atoms with Gasteiger partial charge in [-0.15, -0.1) is 0 Å². The van der Waals surface area contributed by atoms with Gasteiger partial charge in [-0.25, -0.2) is 0 Å². The van der Waals surface area contributed by atoms with Crippen molar-refractivity contribution >= 4 is 6.29 Å². The summed E-state index contributed by atoms with van der Waals surface area (Å²) in [5.41, 5.74) is 3.07. The van der Waals surface area contributed by atoms with E-state index in [-0.39, 0.29) is 6.61 Å². The summed E-state index contributed by atoms with van der Waals surface area (Å²) in [5.74, 6) is -0.591. The predicted molar refractivity (Wildman–Crippen MR) is 131 cm³/mol. The van der Waals surface area contributed by atoms with Gasteiger partial charge in [0.15, 0.2) is 6.29 Å². The van der Waals surface area contributed by atoms with Crippen LogP contribution >= 0.6 is 0 Å². The van der Waals surface area contributed by atoms with E-state index in [4.69, 9.17) is 23.7 Å². The number of carbonyl (C=O) groups is 1. The van der Waals surface area contributed by atoms with Crippen LogP contribution in [0.2, 0.25) is 0 Å². The molecule has 1 saturated heterocycles. The highest BCUT2D eigenvalue weighted by atomic mass is 16.7. The molecule has 6 heteroatoms. The molecule has 0 N–H and O–H groups in total. The minimum absolute atomic E-state index is 0.254. The first-order valence-electron chi connectivity index (χ1n) is 11.8. The van der Waals surface area contributed by atoms with Gasteiger partial charge in [-0.05, 0) is 16.7 Å². The second kappa shape index (κ2) is 13.3. The van der Waals surface area contributed by atoms with Crippen molar-refractivity contribution in [2.75, 3.05) is 13.7 Å². The highest BCUT2D eigenvalue weighted by Crippen LogP contribution is 2.31. The molecule has 5 unspecified atom stereocenters. The summed E-state index contributed by atoms with van der Waals surface area (Å²) in [7, 11) is 1.55. The summed E-state index contributed by atoms with van der Waals surface area (Å²) in [4.78, 5) is 12.4. The normalized spacial score (nSPS) is 24.2. The van der Waals surface area contributed by atoms with E-state index < -0.39 is 30.5 Å². The van der Waals surface area contributed by atoms with Gasteiger partial charge in [0, 0.05) is 7.11 Å². The Morgan fingerprint density at radius 2 is 1.20 bits per heavy atom. The van der Waals surface area contributed by atoms with Gasteiger partial charge in [0.05, 0.1) is 38.4 Å². The Kier molecular flexibility index (Phi) is 9.57. The molecular weight excluding hydrogens is 444 g/mol. The third-order valence-corrected chi connectivity index (χ3v) is 6.06. The molecule has 0 bridgehead atoms. The fourth-order valence-electron chi connectivity index (χ4n) is 4.23. The quantitative estimate of drug-likeness (QED) is 0.357. The van der Waals surface area contributed by atoms with Gasteiger partial charge in [0.25, 0.3) is 0 Å². The third kappa shape index (κ3) is 7.07. The zero-order chi connectivity index (χ0) is 24.3. The van der Waals surface area contributed by atoms with Crippen LogP contribution in [0.25, 0.3) is 0 Å². The predicted octanol–water partition coefficient (Wildman–Crippen LogP) is 4.56. The fraction of sp³-hybridized carbons (Fsp3) is 0.345. The molecule has 1 aliphatic heterocycles. The van der Waals surface area contributed by atoms with Crippen LogP contribution in [0.15, 0.2) is 91.0 Å². The standard InChI is InChI=1S/C29H32O6/c1-31-29-28(34-20-24-15-9-4-10-16-24)25(17-30)27(33-19-23-13-7-3-8-14-23)26(35-29)21-32-18-22-11-5-2-6-12-22/h2-17,25-29H,18-21H2,1H3. The number of rotatable bonds is 12. The minimum atomic E-state index is -0.726. The van der Waals surface area contributed by atoms with Crippen molar-refractivity contribution in [1.82, 2.24) is 0 Å². The topological polar surface area (TPSA) is 63.2 Å². The maximum atomic E-state index is 12.4. The molecule has 1 fully saturated rings. The van der Waals surface area contributed by atoms with Gasteiger partial charge in [-0.1, -0.05) is 91.0 Å². The van der Waals surface area contributed by atoms with Crippen LogP contribution in [0.4, 0.5) is 0 Å². The van der Waals surface area contributed by atoms with Crippen LogP contribution in [0.3, 0.4) is 0 Å². The number of carbonyl (C=O) groups excluding carboxylic acids is 1. The van der Waals surface area contributed by atoms with Gasteiger partial charge in [0.2, 0.25) is 0 Å². The average Bonchev–Trinajstić information content (AvgIpc) is 2.92. The molecule has 1 heterocycles. The summed E-state index contributed by atoms with van der Waals surface area (Å²) in [6, 6.07) is 29.6. The zero-order valence-corrected chi connectivity index (χ0v) is 19.9. The molecule has 4 rings (SSSR count). The number of benzene rings is 3. The fourth-order valence-corrected chi connectivity index (χ4v) is 4.23. The third-order valence-electron chi connectivity index (χ3n) is 6.06. The summed E-state index contributed by atoms with van der Waals surface area (Å²) in [6.45, 7) is 1.37. The molecule has 0 amide bonds. The number of ether oxygens (including phenoxy) is 5. The molecule has 3 aromatic rings. The lowest BCUT2D eigenvalue weighted by atomic mass is 9.89. The van der Waals surface area contributed by atoms with Crippen molar-refractivity contribution in [3.8, 4) is 0 Å². The van der Waals surface area contributed by atoms with Crippen molar-refractivity contribution in [3.05, 3.63) is 108 Å². The van der Waals surface area contributed by atoms with Crippen LogP contribution in [0.1, 0.15) is 16.7 Å². The van der Waals surface area contributed by atoms with Crippen LogP contribution in [-0.2, 0) is 48.3 Å². The minimum Gasteiger partial charge on any atom is -0.374 e. The van der Waals surface area contributed by atoms with Gasteiger partial charge in [-0.3, -0.25) is 0 Å².